The molecule has 1 aromatic heterocycles. The number of rotatable bonds is 2. The van der Waals surface area contributed by atoms with Gasteiger partial charge in [-0.15, -0.1) is 0 Å². The minimum atomic E-state index is 0.150. The summed E-state index contributed by atoms with van der Waals surface area (Å²) >= 11 is 6.39. The lowest BCUT2D eigenvalue weighted by molar-refractivity contribution is 0.588. The standard InChI is InChI=1S/C22H25ClN4/c1-22(2,3)17-6-8-18(9-7-17)27-15-24-13-16-10-12-26(14-20(16)27)21-19(23)5-4-11-25-21/h4-9,11,13,15,20H,10,12,14H2,1-3H3. The van der Waals surface area contributed by atoms with Crippen molar-refractivity contribution < 1.29 is 0 Å². The van der Waals surface area contributed by atoms with Gasteiger partial charge >= 0.3 is 0 Å². The monoisotopic (exact) mass is 380 g/mol. The largest absolute Gasteiger partial charge is 0.353 e. The Morgan fingerprint density at radius 3 is 2.59 bits per heavy atom. The minimum absolute atomic E-state index is 0.150. The van der Waals surface area contributed by atoms with Crippen LogP contribution < -0.4 is 9.80 Å². The molecule has 0 spiro atoms. The van der Waals surface area contributed by atoms with E-state index in [9.17, 15) is 0 Å². The van der Waals surface area contributed by atoms with Crippen molar-refractivity contribution in [1.82, 2.24) is 4.98 Å². The molecule has 0 radical (unpaired) electrons. The number of halogens is 1. The number of hydrogen-bond acceptors (Lipinski definition) is 4. The number of aliphatic imine (C=N–C) groups is 1. The van der Waals surface area contributed by atoms with Crippen molar-refractivity contribution in [2.45, 2.75) is 38.6 Å². The van der Waals surface area contributed by atoms with E-state index in [1.54, 1.807) is 6.20 Å². The summed E-state index contributed by atoms with van der Waals surface area (Å²) in [7, 11) is 0. The second-order valence-corrected chi connectivity index (χ2v) is 8.60. The highest BCUT2D eigenvalue weighted by atomic mass is 35.5. The first-order valence-corrected chi connectivity index (χ1v) is 9.78. The van der Waals surface area contributed by atoms with Crippen molar-refractivity contribution in [2.75, 3.05) is 22.9 Å². The van der Waals surface area contributed by atoms with Crippen LogP contribution in [-0.2, 0) is 5.41 Å². The summed E-state index contributed by atoms with van der Waals surface area (Å²) in [5.74, 6) is 0.865. The van der Waals surface area contributed by atoms with Crippen LogP contribution in [0.3, 0.4) is 0 Å². The zero-order valence-electron chi connectivity index (χ0n) is 16.1. The molecular formula is C22H25ClN4. The first-order chi connectivity index (χ1) is 12.9. The van der Waals surface area contributed by atoms with Gasteiger partial charge in [-0.05, 0) is 47.2 Å². The van der Waals surface area contributed by atoms with E-state index in [1.807, 2.05) is 24.7 Å². The maximum absolute atomic E-state index is 6.39. The van der Waals surface area contributed by atoms with Gasteiger partial charge in [0.15, 0.2) is 0 Å². The Bertz CT molecular complexity index is 880. The van der Waals surface area contributed by atoms with Crippen molar-refractivity contribution in [3.05, 3.63) is 65.0 Å². The van der Waals surface area contributed by atoms with Crippen molar-refractivity contribution in [1.29, 1.82) is 0 Å². The van der Waals surface area contributed by atoms with Crippen molar-refractivity contribution in [2.24, 2.45) is 4.99 Å². The molecule has 0 saturated carbocycles. The van der Waals surface area contributed by atoms with Crippen molar-refractivity contribution >= 4 is 29.4 Å². The molecule has 5 heteroatoms. The van der Waals surface area contributed by atoms with E-state index in [2.05, 4.69) is 64.8 Å². The molecule has 1 unspecified atom stereocenters. The van der Waals surface area contributed by atoms with E-state index in [0.717, 1.165) is 31.0 Å². The Morgan fingerprint density at radius 2 is 1.89 bits per heavy atom. The highest BCUT2D eigenvalue weighted by Gasteiger charge is 2.32. The lowest BCUT2D eigenvalue weighted by Crippen LogP contribution is -2.50. The summed E-state index contributed by atoms with van der Waals surface area (Å²) in [6.45, 7) is 8.46. The molecule has 0 N–H and O–H groups in total. The van der Waals surface area contributed by atoms with Crippen LogP contribution in [-0.4, -0.2) is 30.5 Å². The van der Waals surface area contributed by atoms with Crippen LogP contribution in [0.4, 0.5) is 11.5 Å². The molecule has 1 fully saturated rings. The van der Waals surface area contributed by atoms with Gasteiger partial charge in [0.2, 0.25) is 0 Å². The second kappa shape index (κ2) is 7.01. The summed E-state index contributed by atoms with van der Waals surface area (Å²) < 4.78 is 0. The normalized spacial score (nSPS) is 19.7. The molecular weight excluding hydrogens is 356 g/mol. The quantitative estimate of drug-likeness (QED) is 0.731. The van der Waals surface area contributed by atoms with E-state index in [-0.39, 0.29) is 11.5 Å². The van der Waals surface area contributed by atoms with Gasteiger partial charge in [-0.3, -0.25) is 0 Å². The molecule has 4 nitrogen and oxygen atoms in total. The second-order valence-electron chi connectivity index (χ2n) is 8.19. The third-order valence-electron chi connectivity index (χ3n) is 5.33. The van der Waals surface area contributed by atoms with Gasteiger partial charge < -0.3 is 9.80 Å². The van der Waals surface area contributed by atoms with Crippen molar-refractivity contribution in [3.8, 4) is 0 Å². The summed E-state index contributed by atoms with van der Waals surface area (Å²) in [6.07, 6.45) is 6.72. The van der Waals surface area contributed by atoms with Crippen LogP contribution in [0.1, 0.15) is 32.8 Å². The molecule has 4 rings (SSSR count). The number of benzene rings is 1. The van der Waals surface area contributed by atoms with Crippen LogP contribution in [0.15, 0.2) is 59.4 Å². The predicted molar refractivity (Wildman–Crippen MR) is 114 cm³/mol. The molecule has 0 aliphatic carbocycles. The molecule has 140 valence electrons. The maximum atomic E-state index is 6.39. The number of nitrogens with zero attached hydrogens (tertiary/aromatic N) is 4. The molecule has 0 amide bonds. The topological polar surface area (TPSA) is 31.7 Å². The molecule has 1 saturated heterocycles. The van der Waals surface area contributed by atoms with E-state index in [4.69, 9.17) is 11.6 Å². The lowest BCUT2D eigenvalue weighted by Gasteiger charge is -2.42. The first-order valence-electron chi connectivity index (χ1n) is 9.40. The summed E-state index contributed by atoms with van der Waals surface area (Å²) in [6, 6.07) is 12.9. The van der Waals surface area contributed by atoms with Gasteiger partial charge in [-0.25, -0.2) is 9.98 Å². The number of pyridine rings is 1. The fraction of sp³-hybridized carbons (Fsp3) is 0.364. The molecule has 2 aliphatic rings. The Kier molecular flexibility index (Phi) is 4.68. The molecule has 2 aromatic rings. The zero-order valence-corrected chi connectivity index (χ0v) is 16.8. The Hall–Kier alpha value is -2.33. The summed E-state index contributed by atoms with van der Waals surface area (Å²) in [4.78, 5) is 13.5. The highest BCUT2D eigenvalue weighted by Crippen LogP contribution is 2.33. The highest BCUT2D eigenvalue weighted by molar-refractivity contribution is 6.32. The van der Waals surface area contributed by atoms with E-state index < -0.39 is 0 Å². The Labute approximate surface area is 166 Å². The minimum Gasteiger partial charge on any atom is -0.353 e. The Morgan fingerprint density at radius 1 is 1.11 bits per heavy atom. The fourth-order valence-corrected chi connectivity index (χ4v) is 3.97. The number of aromatic nitrogens is 1. The molecule has 1 atom stereocenters. The molecule has 0 bridgehead atoms. The van der Waals surface area contributed by atoms with Gasteiger partial charge in [0, 0.05) is 31.2 Å². The van der Waals surface area contributed by atoms with E-state index in [0.29, 0.717) is 5.02 Å². The van der Waals surface area contributed by atoms with Gasteiger partial charge in [0.05, 0.1) is 17.4 Å². The lowest BCUT2D eigenvalue weighted by atomic mass is 9.87. The first kappa shape index (κ1) is 18.1. The van der Waals surface area contributed by atoms with Crippen LogP contribution in [0.25, 0.3) is 0 Å². The molecule has 1 aromatic carbocycles. The van der Waals surface area contributed by atoms with Gasteiger partial charge in [0.25, 0.3) is 0 Å². The van der Waals surface area contributed by atoms with E-state index >= 15 is 0 Å². The number of anilines is 2. The number of fused-ring (bicyclic) bond motifs is 1. The van der Waals surface area contributed by atoms with Gasteiger partial charge in [0.1, 0.15) is 5.82 Å². The predicted octanol–water partition coefficient (Wildman–Crippen LogP) is 5.04. The van der Waals surface area contributed by atoms with Crippen molar-refractivity contribution in [3.63, 3.8) is 0 Å². The SMILES string of the molecule is CC(C)(C)c1ccc(N2C=NC=C3CCN(c4ncccc4Cl)CC32)cc1. The number of piperidine rings is 1. The maximum Gasteiger partial charge on any atom is 0.147 e. The van der Waals surface area contributed by atoms with Crippen LogP contribution in [0, 0.1) is 0 Å². The van der Waals surface area contributed by atoms with Gasteiger partial charge in [-0.1, -0.05) is 44.5 Å². The summed E-state index contributed by atoms with van der Waals surface area (Å²) in [5, 5.41) is 0.704. The van der Waals surface area contributed by atoms with Crippen LogP contribution in [0.2, 0.25) is 5.02 Å². The fourth-order valence-electron chi connectivity index (χ4n) is 3.73. The van der Waals surface area contributed by atoms with Crippen LogP contribution >= 0.6 is 11.6 Å². The molecule has 2 aliphatic heterocycles. The van der Waals surface area contributed by atoms with Crippen LogP contribution in [0.5, 0.6) is 0 Å². The average molecular weight is 381 g/mol. The average Bonchev–Trinajstić information content (AvgIpc) is 2.67. The van der Waals surface area contributed by atoms with E-state index in [1.165, 1.54) is 11.1 Å². The summed E-state index contributed by atoms with van der Waals surface area (Å²) in [5.41, 5.74) is 4.01. The smallest absolute Gasteiger partial charge is 0.147 e. The molecule has 27 heavy (non-hydrogen) atoms. The third kappa shape index (κ3) is 3.59. The Balaban J connectivity index is 1.60. The zero-order chi connectivity index (χ0) is 19.0. The molecule has 3 heterocycles. The number of hydrogen-bond donors (Lipinski definition) is 0. The third-order valence-corrected chi connectivity index (χ3v) is 5.62. The van der Waals surface area contributed by atoms with Gasteiger partial charge in [-0.2, -0.15) is 0 Å².